The van der Waals surface area contributed by atoms with Crippen LogP contribution in [0.1, 0.15) is 16.1 Å². The number of benzene rings is 3. The number of rotatable bonds is 4. The molecule has 0 N–H and O–H groups in total. The molecule has 1 fully saturated rings. The lowest BCUT2D eigenvalue weighted by atomic mass is 10.1. The fraction of sp³-hybridized carbons (Fsp3) is 0.148. The number of nitrogens with zero attached hydrogens (tertiary/aromatic N) is 5. The van der Waals surface area contributed by atoms with Crippen molar-refractivity contribution in [3.8, 4) is 23.1 Å². The summed E-state index contributed by atoms with van der Waals surface area (Å²) in [7, 11) is 0. The van der Waals surface area contributed by atoms with Gasteiger partial charge < -0.3 is 9.80 Å². The van der Waals surface area contributed by atoms with E-state index in [9.17, 15) is 10.1 Å². The van der Waals surface area contributed by atoms with E-state index < -0.39 is 0 Å². The third kappa shape index (κ3) is 4.61. The monoisotopic (exact) mass is 501 g/mol. The molecule has 0 aliphatic carbocycles. The highest BCUT2D eigenvalue weighted by Gasteiger charge is 2.26. The predicted molar refractivity (Wildman–Crippen MR) is 138 cm³/mol. The van der Waals surface area contributed by atoms with Gasteiger partial charge in [0.2, 0.25) is 0 Å². The Morgan fingerprint density at radius 2 is 1.57 bits per heavy atom. The zero-order valence-electron chi connectivity index (χ0n) is 18.7. The maximum absolute atomic E-state index is 13.5. The molecule has 5 rings (SSSR count). The van der Waals surface area contributed by atoms with Crippen molar-refractivity contribution in [3.63, 3.8) is 0 Å². The second-order valence-electron chi connectivity index (χ2n) is 8.18. The first-order chi connectivity index (χ1) is 17.0. The number of carbonyl (C=O) groups excluding carboxylic acids is 1. The molecule has 4 aromatic rings. The molecule has 8 heteroatoms. The van der Waals surface area contributed by atoms with Crippen LogP contribution in [0.25, 0.3) is 17.1 Å². The summed E-state index contributed by atoms with van der Waals surface area (Å²) < 4.78 is 1.87. The molecule has 0 atom stereocenters. The van der Waals surface area contributed by atoms with Gasteiger partial charge in [0.1, 0.15) is 17.6 Å². The predicted octanol–water partition coefficient (Wildman–Crippen LogP) is 5.68. The van der Waals surface area contributed by atoms with Crippen molar-refractivity contribution in [2.75, 3.05) is 31.1 Å². The number of carbonyl (C=O) groups is 1. The summed E-state index contributed by atoms with van der Waals surface area (Å²) >= 11 is 12.6. The Morgan fingerprint density at radius 1 is 0.886 bits per heavy atom. The lowest BCUT2D eigenvalue weighted by Gasteiger charge is -2.36. The number of hydrogen-bond acceptors (Lipinski definition) is 4. The molecule has 0 bridgehead atoms. The second-order valence-corrected chi connectivity index (χ2v) is 9.03. The van der Waals surface area contributed by atoms with Gasteiger partial charge in [-0.3, -0.25) is 9.36 Å². The SMILES string of the molecule is N#Cc1ccccc1N1CCN(C(=O)c2cn(-c3ccc(Cl)cc3)c(-c3ccccc3Cl)n2)CC1. The number of amides is 1. The van der Waals surface area contributed by atoms with Gasteiger partial charge in [0.25, 0.3) is 5.91 Å². The highest BCUT2D eigenvalue weighted by Crippen LogP contribution is 2.30. The lowest BCUT2D eigenvalue weighted by molar-refractivity contribution is 0.0741. The van der Waals surface area contributed by atoms with E-state index in [0.717, 1.165) is 16.9 Å². The third-order valence-electron chi connectivity index (χ3n) is 6.08. The number of imidazole rings is 1. The fourth-order valence-corrected chi connectivity index (χ4v) is 4.62. The lowest BCUT2D eigenvalue weighted by Crippen LogP contribution is -2.49. The van der Waals surface area contributed by atoms with Crippen molar-refractivity contribution in [2.24, 2.45) is 0 Å². The molecule has 0 unspecified atom stereocenters. The van der Waals surface area contributed by atoms with Crippen LogP contribution in [0.15, 0.2) is 79.0 Å². The van der Waals surface area contributed by atoms with Crippen LogP contribution in [0.2, 0.25) is 10.0 Å². The number of hydrogen-bond donors (Lipinski definition) is 0. The Kier molecular flexibility index (Phi) is 6.45. The van der Waals surface area contributed by atoms with Crippen molar-refractivity contribution < 1.29 is 4.79 Å². The molecule has 1 aliphatic rings. The number of halogens is 2. The van der Waals surface area contributed by atoms with Crippen LogP contribution in [0.5, 0.6) is 0 Å². The Morgan fingerprint density at radius 3 is 2.29 bits per heavy atom. The van der Waals surface area contributed by atoms with Gasteiger partial charge in [-0.1, -0.05) is 47.5 Å². The Labute approximate surface area is 213 Å². The molecule has 1 aromatic heterocycles. The maximum Gasteiger partial charge on any atom is 0.274 e. The quantitative estimate of drug-likeness (QED) is 0.360. The number of anilines is 1. The van der Waals surface area contributed by atoms with Crippen LogP contribution in [0.3, 0.4) is 0 Å². The van der Waals surface area contributed by atoms with Gasteiger partial charge in [0.15, 0.2) is 0 Å². The summed E-state index contributed by atoms with van der Waals surface area (Å²) in [6.45, 7) is 2.35. The molecule has 174 valence electrons. The number of aromatic nitrogens is 2. The van der Waals surface area contributed by atoms with E-state index in [2.05, 4.69) is 11.0 Å². The van der Waals surface area contributed by atoms with Gasteiger partial charge in [-0.15, -0.1) is 0 Å². The Hall–Kier alpha value is -3.79. The zero-order chi connectivity index (χ0) is 24.4. The molecule has 2 heterocycles. The molecule has 0 radical (unpaired) electrons. The van der Waals surface area contributed by atoms with Crippen LogP contribution in [-0.4, -0.2) is 46.5 Å². The average molecular weight is 502 g/mol. The van der Waals surface area contributed by atoms with Crippen LogP contribution in [0, 0.1) is 11.3 Å². The van der Waals surface area contributed by atoms with E-state index in [1.54, 1.807) is 29.3 Å². The summed E-state index contributed by atoms with van der Waals surface area (Å²) in [5.74, 6) is 0.446. The molecular weight excluding hydrogens is 481 g/mol. The van der Waals surface area contributed by atoms with Gasteiger partial charge in [-0.25, -0.2) is 4.98 Å². The molecule has 0 saturated carbocycles. The van der Waals surface area contributed by atoms with E-state index in [-0.39, 0.29) is 5.91 Å². The summed E-state index contributed by atoms with van der Waals surface area (Å²) in [6.07, 6.45) is 1.75. The maximum atomic E-state index is 13.5. The van der Waals surface area contributed by atoms with Crippen molar-refractivity contribution in [1.82, 2.24) is 14.5 Å². The van der Waals surface area contributed by atoms with Gasteiger partial charge in [-0.2, -0.15) is 5.26 Å². The third-order valence-corrected chi connectivity index (χ3v) is 6.66. The van der Waals surface area contributed by atoms with E-state index in [1.165, 1.54) is 0 Å². The summed E-state index contributed by atoms with van der Waals surface area (Å²) in [5.41, 5.74) is 3.45. The van der Waals surface area contributed by atoms with Gasteiger partial charge in [0, 0.05) is 48.6 Å². The topological polar surface area (TPSA) is 65.2 Å². The van der Waals surface area contributed by atoms with E-state index in [0.29, 0.717) is 53.3 Å². The number of nitriles is 1. The van der Waals surface area contributed by atoms with Gasteiger partial charge in [0.05, 0.1) is 16.3 Å². The van der Waals surface area contributed by atoms with Gasteiger partial charge in [-0.05, 0) is 48.5 Å². The molecule has 3 aromatic carbocycles. The normalized spacial score (nSPS) is 13.5. The summed E-state index contributed by atoms with van der Waals surface area (Å²) in [4.78, 5) is 22.1. The standard InChI is InChI=1S/C27H21Cl2N5O/c28-20-9-11-21(12-10-20)34-18-24(31-26(34)22-6-2-3-7-23(22)29)27(35)33-15-13-32(14-16-33)25-8-4-1-5-19(25)17-30/h1-12,18H,13-16H2. The van der Waals surface area contributed by atoms with Gasteiger partial charge >= 0.3 is 0 Å². The number of piperazine rings is 1. The smallest absolute Gasteiger partial charge is 0.274 e. The molecule has 35 heavy (non-hydrogen) atoms. The van der Waals surface area contributed by atoms with Crippen LogP contribution >= 0.6 is 23.2 Å². The van der Waals surface area contributed by atoms with Crippen molar-refractivity contribution in [3.05, 3.63) is 100 Å². The minimum absolute atomic E-state index is 0.140. The largest absolute Gasteiger partial charge is 0.367 e. The van der Waals surface area contributed by atoms with Crippen LogP contribution in [-0.2, 0) is 0 Å². The summed E-state index contributed by atoms with van der Waals surface area (Å²) in [6, 6.07) is 24.6. The number of para-hydroxylation sites is 1. The molecule has 1 aliphatic heterocycles. The second kappa shape index (κ2) is 9.83. The first kappa shape index (κ1) is 23.0. The van der Waals surface area contributed by atoms with Crippen molar-refractivity contribution in [1.29, 1.82) is 5.26 Å². The first-order valence-corrected chi connectivity index (χ1v) is 11.9. The minimum atomic E-state index is -0.140. The van der Waals surface area contributed by atoms with E-state index in [1.807, 2.05) is 59.2 Å². The highest BCUT2D eigenvalue weighted by molar-refractivity contribution is 6.33. The Bertz CT molecular complexity index is 1420. The Balaban J connectivity index is 1.43. The fourth-order valence-electron chi connectivity index (χ4n) is 4.27. The van der Waals surface area contributed by atoms with E-state index in [4.69, 9.17) is 28.2 Å². The molecule has 1 saturated heterocycles. The summed E-state index contributed by atoms with van der Waals surface area (Å²) in [5, 5.41) is 10.6. The molecule has 1 amide bonds. The minimum Gasteiger partial charge on any atom is -0.367 e. The first-order valence-electron chi connectivity index (χ1n) is 11.2. The van der Waals surface area contributed by atoms with Crippen LogP contribution < -0.4 is 4.90 Å². The van der Waals surface area contributed by atoms with Crippen molar-refractivity contribution in [2.45, 2.75) is 0 Å². The molecule has 0 spiro atoms. The average Bonchev–Trinajstić information content (AvgIpc) is 3.34. The molecule has 6 nitrogen and oxygen atoms in total. The highest BCUT2D eigenvalue weighted by atomic mass is 35.5. The van der Waals surface area contributed by atoms with E-state index >= 15 is 0 Å². The molecular formula is C27H21Cl2N5O. The van der Waals surface area contributed by atoms with Crippen LogP contribution in [0.4, 0.5) is 5.69 Å². The zero-order valence-corrected chi connectivity index (χ0v) is 20.2. The van der Waals surface area contributed by atoms with Crippen molar-refractivity contribution >= 4 is 34.8 Å².